The van der Waals surface area contributed by atoms with Crippen LogP contribution in [0.2, 0.25) is 0 Å². The number of nitrogens with two attached hydrogens (primary N) is 1. The molecule has 18 heavy (non-hydrogen) atoms. The molecule has 0 atom stereocenters. The van der Waals surface area contributed by atoms with Crippen LogP contribution in [0.3, 0.4) is 0 Å². The van der Waals surface area contributed by atoms with Crippen LogP contribution in [-0.2, 0) is 13.1 Å². The Hall–Kier alpha value is -2.02. The number of thiocarbonyl (C=S) groups is 1. The summed E-state index contributed by atoms with van der Waals surface area (Å²) in [6.07, 6.45) is 5.47. The predicted molar refractivity (Wildman–Crippen MR) is 71.2 cm³/mol. The summed E-state index contributed by atoms with van der Waals surface area (Å²) in [6.45, 7) is 2.44. The lowest BCUT2D eigenvalue weighted by Crippen LogP contribution is -2.35. The first kappa shape index (κ1) is 11.1. The van der Waals surface area contributed by atoms with Gasteiger partial charge >= 0.3 is 0 Å². The van der Waals surface area contributed by atoms with Gasteiger partial charge in [0.25, 0.3) is 0 Å². The minimum absolute atomic E-state index is 0.289. The summed E-state index contributed by atoms with van der Waals surface area (Å²) in [5.74, 6) is 1.67. The number of anilines is 1. The molecule has 0 bridgehead atoms. The average Bonchev–Trinajstić information content (AvgIpc) is 2.86. The summed E-state index contributed by atoms with van der Waals surface area (Å²) < 4.78 is 2.13. The number of nitrogens with zero attached hydrogens (tertiary/aromatic N) is 5. The standard InChI is InChI=1S/C11H12N6S/c12-10(18)8-1-2-14-11(15-8)17-6-5-16-4-3-13-9(16)7-17/h1-4H,5-7H2,(H2,12,18). The highest BCUT2D eigenvalue weighted by Crippen LogP contribution is 2.16. The van der Waals surface area contributed by atoms with Gasteiger partial charge in [-0.15, -0.1) is 0 Å². The van der Waals surface area contributed by atoms with E-state index in [-0.39, 0.29) is 4.99 Å². The van der Waals surface area contributed by atoms with E-state index in [1.807, 2.05) is 12.4 Å². The third-order valence-electron chi connectivity index (χ3n) is 2.92. The van der Waals surface area contributed by atoms with Gasteiger partial charge in [-0.05, 0) is 6.07 Å². The van der Waals surface area contributed by atoms with Crippen LogP contribution in [-0.4, -0.2) is 31.1 Å². The van der Waals surface area contributed by atoms with Gasteiger partial charge in [-0.3, -0.25) is 0 Å². The van der Waals surface area contributed by atoms with E-state index in [0.29, 0.717) is 18.2 Å². The Morgan fingerprint density at radius 1 is 1.28 bits per heavy atom. The lowest BCUT2D eigenvalue weighted by molar-refractivity contribution is 0.551. The molecule has 0 amide bonds. The van der Waals surface area contributed by atoms with Crippen molar-refractivity contribution < 1.29 is 0 Å². The van der Waals surface area contributed by atoms with Crippen molar-refractivity contribution in [3.05, 3.63) is 36.2 Å². The lowest BCUT2D eigenvalue weighted by atomic mass is 10.3. The molecule has 3 heterocycles. The number of hydrogen-bond donors (Lipinski definition) is 1. The van der Waals surface area contributed by atoms with Gasteiger partial charge in [-0.25, -0.2) is 15.0 Å². The summed E-state index contributed by atoms with van der Waals surface area (Å²) in [5, 5.41) is 0. The zero-order chi connectivity index (χ0) is 12.5. The zero-order valence-electron chi connectivity index (χ0n) is 9.65. The molecule has 0 saturated carbocycles. The van der Waals surface area contributed by atoms with Crippen molar-refractivity contribution >= 4 is 23.2 Å². The highest BCUT2D eigenvalue weighted by Gasteiger charge is 2.19. The first-order valence-electron chi connectivity index (χ1n) is 5.62. The minimum Gasteiger partial charge on any atom is -0.388 e. The zero-order valence-corrected chi connectivity index (χ0v) is 10.5. The van der Waals surface area contributed by atoms with E-state index in [0.717, 1.165) is 18.9 Å². The highest BCUT2D eigenvalue weighted by atomic mass is 32.1. The molecule has 0 aliphatic carbocycles. The van der Waals surface area contributed by atoms with E-state index in [1.54, 1.807) is 12.3 Å². The molecular weight excluding hydrogens is 248 g/mol. The molecule has 7 heteroatoms. The van der Waals surface area contributed by atoms with Gasteiger partial charge < -0.3 is 15.2 Å². The van der Waals surface area contributed by atoms with Crippen molar-refractivity contribution in [2.75, 3.05) is 11.4 Å². The van der Waals surface area contributed by atoms with Gasteiger partial charge in [0.2, 0.25) is 5.95 Å². The molecule has 92 valence electrons. The number of rotatable bonds is 2. The summed E-state index contributed by atoms with van der Waals surface area (Å²) >= 11 is 4.92. The minimum atomic E-state index is 0.289. The van der Waals surface area contributed by atoms with E-state index in [4.69, 9.17) is 18.0 Å². The fourth-order valence-electron chi connectivity index (χ4n) is 1.98. The number of fused-ring (bicyclic) bond motifs is 1. The van der Waals surface area contributed by atoms with E-state index >= 15 is 0 Å². The van der Waals surface area contributed by atoms with Gasteiger partial charge in [0.05, 0.1) is 6.54 Å². The van der Waals surface area contributed by atoms with Crippen LogP contribution in [0.1, 0.15) is 11.5 Å². The van der Waals surface area contributed by atoms with E-state index in [9.17, 15) is 0 Å². The fourth-order valence-corrected chi connectivity index (χ4v) is 2.10. The van der Waals surface area contributed by atoms with Gasteiger partial charge in [0.1, 0.15) is 16.5 Å². The average molecular weight is 260 g/mol. The van der Waals surface area contributed by atoms with Crippen LogP contribution < -0.4 is 10.6 Å². The SMILES string of the molecule is NC(=S)c1ccnc(N2CCn3ccnc3C2)n1. The Bertz CT molecular complexity index is 593. The van der Waals surface area contributed by atoms with E-state index in [1.165, 1.54) is 0 Å². The third kappa shape index (κ3) is 1.92. The van der Waals surface area contributed by atoms with Crippen molar-refractivity contribution in [2.24, 2.45) is 5.73 Å². The third-order valence-corrected chi connectivity index (χ3v) is 3.13. The topological polar surface area (TPSA) is 72.9 Å². The van der Waals surface area contributed by atoms with Crippen molar-refractivity contribution in [2.45, 2.75) is 13.1 Å². The smallest absolute Gasteiger partial charge is 0.226 e. The maximum absolute atomic E-state index is 5.58. The molecule has 1 aliphatic rings. The molecule has 2 aromatic rings. The molecule has 1 aliphatic heterocycles. The van der Waals surface area contributed by atoms with Crippen LogP contribution in [0.4, 0.5) is 5.95 Å². The number of imidazole rings is 1. The molecule has 0 spiro atoms. The largest absolute Gasteiger partial charge is 0.388 e. The Kier molecular flexibility index (Phi) is 2.67. The monoisotopic (exact) mass is 260 g/mol. The molecular formula is C11H12N6S. The molecule has 6 nitrogen and oxygen atoms in total. The van der Waals surface area contributed by atoms with Crippen molar-refractivity contribution in [3.63, 3.8) is 0 Å². The molecule has 0 fully saturated rings. The summed E-state index contributed by atoms with van der Waals surface area (Å²) in [5.41, 5.74) is 6.18. The van der Waals surface area contributed by atoms with Crippen LogP contribution >= 0.6 is 12.2 Å². The van der Waals surface area contributed by atoms with Gasteiger partial charge in [-0.1, -0.05) is 12.2 Å². The molecule has 2 N–H and O–H groups in total. The Labute approximate surface area is 109 Å². The van der Waals surface area contributed by atoms with Crippen molar-refractivity contribution in [1.29, 1.82) is 0 Å². The predicted octanol–water partition coefficient (Wildman–Crippen LogP) is 0.327. The van der Waals surface area contributed by atoms with E-state index in [2.05, 4.69) is 24.4 Å². The first-order valence-corrected chi connectivity index (χ1v) is 6.02. The van der Waals surface area contributed by atoms with Gasteiger partial charge in [0, 0.05) is 31.7 Å². The Balaban J connectivity index is 1.88. The summed E-state index contributed by atoms with van der Waals surface area (Å²) in [7, 11) is 0. The molecule has 2 aromatic heterocycles. The fraction of sp³-hybridized carbons (Fsp3) is 0.273. The molecule has 3 rings (SSSR count). The summed E-state index contributed by atoms with van der Waals surface area (Å²) in [6, 6.07) is 1.72. The maximum atomic E-state index is 5.58. The Morgan fingerprint density at radius 2 is 2.17 bits per heavy atom. The van der Waals surface area contributed by atoms with Crippen molar-refractivity contribution in [3.8, 4) is 0 Å². The first-order chi connectivity index (χ1) is 8.74. The molecule has 0 radical (unpaired) electrons. The van der Waals surface area contributed by atoms with Gasteiger partial charge in [-0.2, -0.15) is 0 Å². The number of aromatic nitrogens is 4. The van der Waals surface area contributed by atoms with Crippen LogP contribution in [0.25, 0.3) is 0 Å². The summed E-state index contributed by atoms with van der Waals surface area (Å²) in [4.78, 5) is 15.3. The quantitative estimate of drug-likeness (QED) is 0.784. The van der Waals surface area contributed by atoms with Crippen LogP contribution in [0, 0.1) is 0 Å². The second kappa shape index (κ2) is 4.34. The second-order valence-corrected chi connectivity index (χ2v) is 4.50. The normalized spacial score (nSPS) is 14.3. The highest BCUT2D eigenvalue weighted by molar-refractivity contribution is 7.80. The maximum Gasteiger partial charge on any atom is 0.226 e. The number of hydrogen-bond acceptors (Lipinski definition) is 5. The van der Waals surface area contributed by atoms with Crippen LogP contribution in [0.15, 0.2) is 24.7 Å². The van der Waals surface area contributed by atoms with Gasteiger partial charge in [0.15, 0.2) is 0 Å². The molecule has 0 unspecified atom stereocenters. The van der Waals surface area contributed by atoms with Crippen LogP contribution in [0.5, 0.6) is 0 Å². The second-order valence-electron chi connectivity index (χ2n) is 4.06. The lowest BCUT2D eigenvalue weighted by Gasteiger charge is -2.27. The molecule has 0 saturated heterocycles. The molecule has 0 aromatic carbocycles. The van der Waals surface area contributed by atoms with Crippen molar-refractivity contribution in [1.82, 2.24) is 19.5 Å². The Morgan fingerprint density at radius 3 is 3.00 bits per heavy atom. The van der Waals surface area contributed by atoms with E-state index < -0.39 is 0 Å².